The van der Waals surface area contributed by atoms with Gasteiger partial charge >= 0.3 is 6.09 Å². The Labute approximate surface area is 319 Å². The molecule has 0 radical (unpaired) electrons. The van der Waals surface area contributed by atoms with Gasteiger partial charge in [-0.15, -0.1) is 0 Å². The van der Waals surface area contributed by atoms with Crippen molar-refractivity contribution in [3.05, 3.63) is 86.6 Å². The number of pyridine rings is 2. The molecular formula is C38H38Cl2N8O6. The van der Waals surface area contributed by atoms with Crippen LogP contribution < -0.4 is 15.6 Å². The van der Waals surface area contributed by atoms with Gasteiger partial charge in [0.2, 0.25) is 11.8 Å². The number of carboxylic acid groups (broad SMARTS) is 1. The predicted molar refractivity (Wildman–Crippen MR) is 201 cm³/mol. The normalized spacial score (nSPS) is 18.1. The number of aliphatic hydroxyl groups is 1. The summed E-state index contributed by atoms with van der Waals surface area (Å²) in [4.78, 5) is 50.0. The van der Waals surface area contributed by atoms with E-state index in [4.69, 9.17) is 38.0 Å². The van der Waals surface area contributed by atoms with E-state index in [1.807, 2.05) is 18.2 Å². The minimum Gasteiger partial charge on any atom is -0.481 e. The molecule has 8 rings (SSSR count). The Hall–Kier alpha value is -5.02. The number of ether oxygens (including phenoxy) is 1. The van der Waals surface area contributed by atoms with Gasteiger partial charge in [-0.1, -0.05) is 41.4 Å². The third-order valence-corrected chi connectivity index (χ3v) is 11.6. The van der Waals surface area contributed by atoms with Gasteiger partial charge in [-0.2, -0.15) is 5.10 Å². The first-order valence-corrected chi connectivity index (χ1v) is 18.4. The molecule has 16 heteroatoms. The molecule has 54 heavy (non-hydrogen) atoms. The smallest absolute Gasteiger partial charge is 0.407 e. The maximum absolute atomic E-state index is 13.5. The second-order valence-electron chi connectivity index (χ2n) is 14.6. The Morgan fingerprint density at radius 2 is 1.85 bits per heavy atom. The number of benzene rings is 1. The first-order chi connectivity index (χ1) is 25.9. The van der Waals surface area contributed by atoms with Gasteiger partial charge in [0.05, 0.1) is 47.7 Å². The lowest BCUT2D eigenvalue weighted by molar-refractivity contribution is -0.131. The van der Waals surface area contributed by atoms with Gasteiger partial charge in [0.15, 0.2) is 0 Å². The Kier molecular flexibility index (Phi) is 9.33. The minimum absolute atomic E-state index is 0.0180. The first kappa shape index (κ1) is 36.0. The average molecular weight is 774 g/mol. The van der Waals surface area contributed by atoms with Crippen LogP contribution in [0, 0.1) is 5.41 Å². The summed E-state index contributed by atoms with van der Waals surface area (Å²) in [5.74, 6) is 0.796. The Morgan fingerprint density at radius 1 is 1.09 bits per heavy atom. The highest BCUT2D eigenvalue weighted by Gasteiger charge is 2.51. The quantitative estimate of drug-likeness (QED) is 0.179. The van der Waals surface area contributed by atoms with Gasteiger partial charge in [0, 0.05) is 84.8 Å². The predicted octanol–water partition coefficient (Wildman–Crippen LogP) is 4.85. The van der Waals surface area contributed by atoms with Crippen molar-refractivity contribution >= 4 is 40.7 Å². The summed E-state index contributed by atoms with van der Waals surface area (Å²) in [7, 11) is 3.19. The van der Waals surface area contributed by atoms with E-state index < -0.39 is 6.09 Å². The van der Waals surface area contributed by atoms with Crippen LogP contribution in [0.3, 0.4) is 0 Å². The van der Waals surface area contributed by atoms with Crippen LogP contribution in [0.15, 0.2) is 59.7 Å². The van der Waals surface area contributed by atoms with Gasteiger partial charge in [-0.25, -0.2) is 14.3 Å². The number of carbonyl (C=O) groups is 2. The van der Waals surface area contributed by atoms with Crippen molar-refractivity contribution < 1.29 is 24.5 Å². The van der Waals surface area contributed by atoms with Crippen LogP contribution in [-0.2, 0) is 24.9 Å². The Balaban J connectivity index is 1.06. The molecule has 280 valence electrons. The molecule has 14 nitrogen and oxygen atoms in total. The molecular weight excluding hydrogens is 735 g/mol. The number of rotatable bonds is 10. The van der Waals surface area contributed by atoms with Crippen molar-refractivity contribution in [2.45, 2.75) is 50.9 Å². The van der Waals surface area contributed by atoms with E-state index in [1.54, 1.807) is 52.8 Å². The summed E-state index contributed by atoms with van der Waals surface area (Å²) in [6.45, 7) is 2.46. The Bertz CT molecular complexity index is 2370. The van der Waals surface area contributed by atoms with Crippen LogP contribution in [0.1, 0.15) is 37.1 Å². The van der Waals surface area contributed by atoms with Crippen molar-refractivity contribution in [2.24, 2.45) is 12.5 Å². The van der Waals surface area contributed by atoms with E-state index >= 15 is 0 Å². The second kappa shape index (κ2) is 14.0. The summed E-state index contributed by atoms with van der Waals surface area (Å²) in [5.41, 5.74) is 4.42. The topological polar surface area (TPSA) is 167 Å². The number of hydrogen-bond donors (Lipinski definition) is 3. The molecule has 4 aromatic heterocycles. The number of nitrogens with one attached hydrogen (secondary N) is 1. The van der Waals surface area contributed by atoms with Crippen molar-refractivity contribution in [3.8, 4) is 39.5 Å². The fraction of sp³-hybridized carbons (Fsp3) is 0.368. The molecule has 1 saturated carbocycles. The number of amides is 2. The molecule has 1 spiro atoms. The summed E-state index contributed by atoms with van der Waals surface area (Å²) in [6.07, 6.45) is 4.68. The standard InChI is InChI=1S/C38H38Cl2N8O6/c1-45-30(18-46-19-38(20-46)13-24(49)14-38)44-48-16-22(12-29(48)36(45)51)34-33(40)26(10-11-41-34)25-4-3-5-27(32(25)39)28-8-6-21(35(43-28)54-2)15-47(37(52)53)17-23-7-9-31(50)42-23/h3-6,8,10-12,16,23-24,49H,7,9,13-15,17-20H2,1-2H3,(H,42,50)(H,52,53)/t23-/m0/s1. The van der Waals surface area contributed by atoms with E-state index in [1.165, 1.54) is 12.0 Å². The largest absolute Gasteiger partial charge is 0.481 e. The number of aliphatic hydroxyl groups excluding tert-OH is 1. The SMILES string of the molecule is COc1nc(-c2cccc(-c3ccnc(-c4cc5c(=O)n(C)c(CN6CC7(CC(O)C7)C6)nn5c4)c3Cl)c2Cl)ccc1CN(C[C@@H]1CCC(=O)N1)C(=O)O. The van der Waals surface area contributed by atoms with Crippen molar-refractivity contribution in [3.63, 3.8) is 0 Å². The number of likely N-dealkylation sites (tertiary alicyclic amines) is 1. The van der Waals surface area contributed by atoms with Crippen LogP contribution in [0.25, 0.3) is 39.2 Å². The van der Waals surface area contributed by atoms with Gasteiger partial charge in [-0.3, -0.25) is 24.0 Å². The number of hydrogen-bond acceptors (Lipinski definition) is 9. The van der Waals surface area contributed by atoms with E-state index in [0.717, 1.165) is 25.9 Å². The second-order valence-corrected chi connectivity index (χ2v) is 15.3. The minimum atomic E-state index is -1.12. The molecule has 0 unspecified atom stereocenters. The van der Waals surface area contributed by atoms with Crippen LogP contribution in [0.2, 0.25) is 10.0 Å². The van der Waals surface area contributed by atoms with Gasteiger partial charge in [0.25, 0.3) is 5.56 Å². The number of fused-ring (bicyclic) bond motifs is 1. The van der Waals surface area contributed by atoms with Crippen LogP contribution >= 0.6 is 23.2 Å². The molecule has 2 amide bonds. The number of nitrogens with zero attached hydrogens (tertiary/aromatic N) is 7. The molecule has 3 fully saturated rings. The highest BCUT2D eigenvalue weighted by molar-refractivity contribution is 6.39. The maximum Gasteiger partial charge on any atom is 0.407 e. The van der Waals surface area contributed by atoms with Crippen molar-refractivity contribution in [1.29, 1.82) is 0 Å². The fourth-order valence-electron chi connectivity index (χ4n) is 8.06. The molecule has 3 N–H and O–H groups in total. The summed E-state index contributed by atoms with van der Waals surface area (Å²) < 4.78 is 8.75. The van der Waals surface area contributed by atoms with Crippen LogP contribution in [0.4, 0.5) is 4.79 Å². The zero-order valence-corrected chi connectivity index (χ0v) is 31.1. The van der Waals surface area contributed by atoms with E-state index in [2.05, 4.69) is 15.2 Å². The monoisotopic (exact) mass is 772 g/mol. The highest BCUT2D eigenvalue weighted by atomic mass is 35.5. The molecule has 0 bridgehead atoms. The maximum atomic E-state index is 13.5. The summed E-state index contributed by atoms with van der Waals surface area (Å²) in [5, 5.41) is 28.0. The molecule has 1 aliphatic carbocycles. The number of methoxy groups -OCH3 is 1. The third-order valence-electron chi connectivity index (χ3n) is 10.8. The third kappa shape index (κ3) is 6.57. The zero-order valence-electron chi connectivity index (χ0n) is 29.6. The van der Waals surface area contributed by atoms with E-state index in [-0.39, 0.29) is 48.0 Å². The molecule has 6 heterocycles. The fourth-order valence-corrected chi connectivity index (χ4v) is 8.71. The van der Waals surface area contributed by atoms with Crippen molar-refractivity contribution in [2.75, 3.05) is 26.7 Å². The molecule has 2 aliphatic heterocycles. The Morgan fingerprint density at radius 3 is 2.56 bits per heavy atom. The van der Waals surface area contributed by atoms with Gasteiger partial charge in [-0.05, 0) is 43.5 Å². The number of halogens is 2. The average Bonchev–Trinajstić information content (AvgIpc) is 3.74. The highest BCUT2D eigenvalue weighted by Crippen LogP contribution is 2.48. The lowest BCUT2D eigenvalue weighted by Gasteiger charge is -2.57. The molecule has 1 aromatic carbocycles. The molecule has 3 aliphatic rings. The molecule has 5 aromatic rings. The number of carbonyl (C=O) groups excluding carboxylic acids is 1. The lowest BCUT2D eigenvalue weighted by Crippen LogP contribution is -2.63. The lowest BCUT2D eigenvalue weighted by atomic mass is 9.62. The zero-order chi connectivity index (χ0) is 37.9. The van der Waals surface area contributed by atoms with Crippen LogP contribution in [-0.4, -0.2) is 95.1 Å². The van der Waals surface area contributed by atoms with Crippen LogP contribution in [0.5, 0.6) is 5.88 Å². The number of aromatic nitrogens is 5. The summed E-state index contributed by atoms with van der Waals surface area (Å²) in [6, 6.07) is 12.3. The van der Waals surface area contributed by atoms with Gasteiger partial charge in [0.1, 0.15) is 11.3 Å². The summed E-state index contributed by atoms with van der Waals surface area (Å²) >= 11 is 14.1. The van der Waals surface area contributed by atoms with E-state index in [9.17, 15) is 24.6 Å². The molecule has 2 saturated heterocycles. The molecule has 1 atom stereocenters. The van der Waals surface area contributed by atoms with E-state index in [0.29, 0.717) is 80.0 Å². The first-order valence-electron chi connectivity index (χ1n) is 17.7. The van der Waals surface area contributed by atoms with Gasteiger partial charge < -0.3 is 25.2 Å². The van der Waals surface area contributed by atoms with Crippen molar-refractivity contribution in [1.82, 2.24) is 39.3 Å².